The van der Waals surface area contributed by atoms with Crippen LogP contribution < -0.4 is 14.8 Å². The number of ether oxygens (including phenoxy) is 2. The van der Waals surface area contributed by atoms with E-state index in [1.165, 1.54) is 16.7 Å². The number of piperazine rings is 1. The van der Waals surface area contributed by atoms with Crippen LogP contribution in [0.2, 0.25) is 0 Å². The first-order valence-corrected chi connectivity index (χ1v) is 7.05. The summed E-state index contributed by atoms with van der Waals surface area (Å²) in [4.78, 5) is 2.49. The van der Waals surface area contributed by atoms with E-state index in [9.17, 15) is 0 Å². The molecule has 0 radical (unpaired) electrons. The lowest BCUT2D eigenvalue weighted by Crippen LogP contribution is -2.43. The molecule has 4 nitrogen and oxygen atoms in total. The van der Waals surface area contributed by atoms with Gasteiger partial charge in [0.15, 0.2) is 0 Å². The van der Waals surface area contributed by atoms with Crippen LogP contribution in [-0.2, 0) is 13.0 Å². The van der Waals surface area contributed by atoms with E-state index < -0.39 is 0 Å². The molecule has 19 heavy (non-hydrogen) atoms. The summed E-state index contributed by atoms with van der Waals surface area (Å²) in [5.74, 6) is 2.10. The molecule has 2 aliphatic heterocycles. The van der Waals surface area contributed by atoms with Crippen molar-refractivity contribution in [3.63, 3.8) is 0 Å². The van der Waals surface area contributed by atoms with Crippen LogP contribution in [0.5, 0.6) is 11.5 Å². The Morgan fingerprint density at radius 1 is 1.37 bits per heavy atom. The first-order valence-electron chi connectivity index (χ1n) is 7.05. The molecule has 1 aromatic carbocycles. The van der Waals surface area contributed by atoms with E-state index in [2.05, 4.69) is 23.2 Å². The predicted octanol–water partition coefficient (Wildman–Crippen LogP) is 1.34. The lowest BCUT2D eigenvalue weighted by molar-refractivity contribution is 0.229. The van der Waals surface area contributed by atoms with Crippen LogP contribution in [0, 0.1) is 6.92 Å². The molecule has 0 atom stereocenters. The normalized spacial score (nSPS) is 19.1. The monoisotopic (exact) mass is 262 g/mol. The van der Waals surface area contributed by atoms with E-state index >= 15 is 0 Å². The van der Waals surface area contributed by atoms with E-state index in [0.717, 1.165) is 57.3 Å². The van der Waals surface area contributed by atoms with Crippen LogP contribution in [0.4, 0.5) is 0 Å². The number of hydrogen-bond acceptors (Lipinski definition) is 4. The molecule has 1 aromatic rings. The highest BCUT2D eigenvalue weighted by atomic mass is 16.5. The van der Waals surface area contributed by atoms with E-state index in [-0.39, 0.29) is 0 Å². The molecule has 3 rings (SSSR count). The molecule has 104 valence electrons. The molecule has 2 aliphatic rings. The largest absolute Gasteiger partial charge is 0.496 e. The SMILES string of the molecule is COc1c(C)cc2c(c1CN1CCNCC1)CCO2. The highest BCUT2D eigenvalue weighted by Crippen LogP contribution is 2.38. The first kappa shape index (κ1) is 12.8. The van der Waals surface area contributed by atoms with Gasteiger partial charge in [0, 0.05) is 50.3 Å². The average molecular weight is 262 g/mol. The van der Waals surface area contributed by atoms with Crippen LogP contribution in [-0.4, -0.2) is 44.8 Å². The fraction of sp³-hybridized carbons (Fsp3) is 0.600. The summed E-state index contributed by atoms with van der Waals surface area (Å²) in [6.45, 7) is 8.23. The lowest BCUT2D eigenvalue weighted by atomic mass is 9.99. The Bertz CT molecular complexity index is 464. The van der Waals surface area contributed by atoms with Crippen LogP contribution in [0.25, 0.3) is 0 Å². The van der Waals surface area contributed by atoms with Gasteiger partial charge in [-0.3, -0.25) is 4.90 Å². The zero-order valence-electron chi connectivity index (χ0n) is 11.8. The standard InChI is InChI=1S/C15H22N2O2/c1-11-9-14-12(3-8-19-14)13(15(11)18-2)10-17-6-4-16-5-7-17/h9,16H,3-8,10H2,1-2H3. The Labute approximate surface area is 114 Å². The Morgan fingerprint density at radius 2 is 2.16 bits per heavy atom. The maximum absolute atomic E-state index is 5.72. The van der Waals surface area contributed by atoms with E-state index in [0.29, 0.717) is 0 Å². The van der Waals surface area contributed by atoms with Gasteiger partial charge >= 0.3 is 0 Å². The van der Waals surface area contributed by atoms with Gasteiger partial charge in [0.25, 0.3) is 0 Å². The molecule has 0 unspecified atom stereocenters. The van der Waals surface area contributed by atoms with Crippen molar-refractivity contribution in [1.29, 1.82) is 0 Å². The molecule has 0 amide bonds. The molecule has 0 bridgehead atoms. The summed E-state index contributed by atoms with van der Waals surface area (Å²) in [5.41, 5.74) is 3.85. The topological polar surface area (TPSA) is 33.7 Å². The predicted molar refractivity (Wildman–Crippen MR) is 75.1 cm³/mol. The van der Waals surface area contributed by atoms with Gasteiger partial charge < -0.3 is 14.8 Å². The Kier molecular flexibility index (Phi) is 3.62. The molecule has 2 heterocycles. The zero-order valence-corrected chi connectivity index (χ0v) is 11.8. The molecule has 0 spiro atoms. The molecule has 0 aliphatic carbocycles. The summed E-state index contributed by atoms with van der Waals surface area (Å²) < 4.78 is 11.4. The van der Waals surface area contributed by atoms with Gasteiger partial charge in [-0.25, -0.2) is 0 Å². The van der Waals surface area contributed by atoms with Crippen molar-refractivity contribution in [1.82, 2.24) is 10.2 Å². The summed E-state index contributed by atoms with van der Waals surface area (Å²) >= 11 is 0. The van der Waals surface area contributed by atoms with Crippen molar-refractivity contribution in [3.05, 3.63) is 22.8 Å². The van der Waals surface area contributed by atoms with Gasteiger partial charge in [-0.2, -0.15) is 0 Å². The molecule has 0 aromatic heterocycles. The van der Waals surface area contributed by atoms with Crippen LogP contribution in [0.1, 0.15) is 16.7 Å². The molecular formula is C15H22N2O2. The lowest BCUT2D eigenvalue weighted by Gasteiger charge is -2.28. The first-order chi connectivity index (χ1) is 9.29. The van der Waals surface area contributed by atoms with Crippen molar-refractivity contribution in [2.24, 2.45) is 0 Å². The van der Waals surface area contributed by atoms with Gasteiger partial charge in [-0.15, -0.1) is 0 Å². The number of nitrogens with zero attached hydrogens (tertiary/aromatic N) is 1. The molecule has 1 saturated heterocycles. The van der Waals surface area contributed by atoms with Crippen molar-refractivity contribution < 1.29 is 9.47 Å². The number of benzene rings is 1. The second-order valence-corrected chi connectivity index (χ2v) is 5.31. The number of fused-ring (bicyclic) bond motifs is 1. The Morgan fingerprint density at radius 3 is 2.89 bits per heavy atom. The van der Waals surface area contributed by atoms with Crippen molar-refractivity contribution >= 4 is 0 Å². The minimum absolute atomic E-state index is 0.802. The third-order valence-electron chi connectivity index (χ3n) is 4.05. The number of methoxy groups -OCH3 is 1. The summed E-state index contributed by atoms with van der Waals surface area (Å²) in [6, 6.07) is 2.11. The van der Waals surface area contributed by atoms with Gasteiger partial charge in [0.05, 0.1) is 13.7 Å². The summed E-state index contributed by atoms with van der Waals surface area (Å²) in [5, 5.41) is 3.40. The van der Waals surface area contributed by atoms with Crippen LogP contribution in [0.3, 0.4) is 0 Å². The van der Waals surface area contributed by atoms with Gasteiger partial charge in [-0.1, -0.05) is 0 Å². The third kappa shape index (κ3) is 2.42. The average Bonchev–Trinajstić information content (AvgIpc) is 2.88. The molecule has 4 heteroatoms. The zero-order chi connectivity index (χ0) is 13.2. The summed E-state index contributed by atoms with van der Waals surface area (Å²) in [7, 11) is 1.77. The molecule has 0 saturated carbocycles. The van der Waals surface area contributed by atoms with E-state index in [4.69, 9.17) is 9.47 Å². The maximum Gasteiger partial charge on any atom is 0.126 e. The van der Waals surface area contributed by atoms with Gasteiger partial charge in [0.2, 0.25) is 0 Å². The number of hydrogen-bond donors (Lipinski definition) is 1. The fourth-order valence-electron chi connectivity index (χ4n) is 3.08. The highest BCUT2D eigenvalue weighted by Gasteiger charge is 2.23. The highest BCUT2D eigenvalue weighted by molar-refractivity contribution is 5.54. The second-order valence-electron chi connectivity index (χ2n) is 5.31. The van der Waals surface area contributed by atoms with E-state index in [1.54, 1.807) is 7.11 Å². The molecule has 1 fully saturated rings. The van der Waals surface area contributed by atoms with Gasteiger partial charge in [0.1, 0.15) is 11.5 Å². The second kappa shape index (κ2) is 5.39. The Balaban J connectivity index is 1.93. The number of rotatable bonds is 3. The van der Waals surface area contributed by atoms with Crippen LogP contribution in [0.15, 0.2) is 6.07 Å². The minimum atomic E-state index is 0.802. The Hall–Kier alpha value is -1.26. The third-order valence-corrected chi connectivity index (χ3v) is 4.05. The number of aryl methyl sites for hydroxylation is 1. The van der Waals surface area contributed by atoms with Crippen LogP contribution >= 0.6 is 0 Å². The van der Waals surface area contributed by atoms with Crippen molar-refractivity contribution in [3.8, 4) is 11.5 Å². The fourth-order valence-corrected chi connectivity index (χ4v) is 3.08. The van der Waals surface area contributed by atoms with Crippen molar-refractivity contribution in [2.75, 3.05) is 39.9 Å². The molecule has 1 N–H and O–H groups in total. The number of nitrogens with one attached hydrogen (secondary N) is 1. The summed E-state index contributed by atoms with van der Waals surface area (Å²) in [6.07, 6.45) is 1.01. The van der Waals surface area contributed by atoms with Gasteiger partial charge in [-0.05, 0) is 18.6 Å². The molecular weight excluding hydrogens is 240 g/mol. The smallest absolute Gasteiger partial charge is 0.126 e. The quantitative estimate of drug-likeness (QED) is 0.891. The van der Waals surface area contributed by atoms with E-state index in [1.807, 2.05) is 0 Å². The maximum atomic E-state index is 5.72. The van der Waals surface area contributed by atoms with Crippen molar-refractivity contribution in [2.45, 2.75) is 19.9 Å². The minimum Gasteiger partial charge on any atom is -0.496 e.